The molecule has 0 fully saturated rings. The number of carbonyl (C=O) groups excluding carboxylic acids is 4. The normalized spacial score (nSPS) is 13.6. The number of carboxylic acid groups (broad SMARTS) is 1. The van der Waals surface area contributed by atoms with Gasteiger partial charge in [0.1, 0.15) is 29.6 Å². The van der Waals surface area contributed by atoms with Crippen molar-refractivity contribution < 1.29 is 39.3 Å². The van der Waals surface area contributed by atoms with Crippen LogP contribution >= 0.6 is 0 Å². The first kappa shape index (κ1) is 34.0. The number of hydrogen-bond acceptors (Lipinski definition) is 8. The molecule has 0 spiro atoms. The molecule has 47 heavy (non-hydrogen) atoms. The van der Waals surface area contributed by atoms with Gasteiger partial charge in [0, 0.05) is 36.4 Å². The van der Waals surface area contributed by atoms with Crippen LogP contribution < -0.4 is 27.4 Å². The molecule has 14 heteroatoms. The molecule has 1 heterocycles. The highest BCUT2D eigenvalue weighted by Gasteiger charge is 2.31. The number of para-hydroxylation sites is 1. The minimum Gasteiger partial charge on any atom is -0.508 e. The summed E-state index contributed by atoms with van der Waals surface area (Å²) in [5.74, 6) is -4.57. The van der Waals surface area contributed by atoms with Gasteiger partial charge in [-0.25, -0.2) is 4.79 Å². The maximum Gasteiger partial charge on any atom is 0.326 e. The molecular weight excluding hydrogens is 608 g/mol. The van der Waals surface area contributed by atoms with Crippen molar-refractivity contribution in [2.45, 2.75) is 49.9 Å². The van der Waals surface area contributed by atoms with Crippen LogP contribution in [0.4, 0.5) is 0 Å². The second-order valence-electron chi connectivity index (χ2n) is 11.1. The third kappa shape index (κ3) is 9.55. The molecule has 246 valence electrons. The Labute approximate surface area is 269 Å². The number of nitrogens with two attached hydrogens (primary N) is 2. The van der Waals surface area contributed by atoms with Crippen molar-refractivity contribution >= 4 is 40.5 Å². The lowest BCUT2D eigenvalue weighted by molar-refractivity contribution is -0.142. The number of H-pyrrole nitrogens is 1. The van der Waals surface area contributed by atoms with E-state index in [1.165, 1.54) is 36.4 Å². The third-order valence-corrected chi connectivity index (χ3v) is 7.49. The number of amides is 4. The van der Waals surface area contributed by atoms with Crippen LogP contribution in [-0.2, 0) is 43.2 Å². The Morgan fingerprint density at radius 1 is 0.681 bits per heavy atom. The van der Waals surface area contributed by atoms with E-state index < -0.39 is 60.2 Å². The summed E-state index contributed by atoms with van der Waals surface area (Å²) in [5, 5.41) is 37.7. The van der Waals surface area contributed by atoms with Crippen LogP contribution in [0.15, 0.2) is 79.0 Å². The first-order valence-electron chi connectivity index (χ1n) is 14.7. The van der Waals surface area contributed by atoms with Gasteiger partial charge in [-0.2, -0.15) is 0 Å². The summed E-state index contributed by atoms with van der Waals surface area (Å²) in [4.78, 5) is 67.0. The van der Waals surface area contributed by atoms with Crippen LogP contribution in [0.2, 0.25) is 0 Å². The Morgan fingerprint density at radius 3 is 1.72 bits per heavy atom. The van der Waals surface area contributed by atoms with E-state index in [-0.39, 0.29) is 30.8 Å². The fourth-order valence-corrected chi connectivity index (χ4v) is 5.01. The number of carbonyl (C=O) groups is 5. The zero-order chi connectivity index (χ0) is 34.1. The van der Waals surface area contributed by atoms with Crippen LogP contribution in [0.1, 0.15) is 23.1 Å². The molecule has 0 aliphatic heterocycles. The fourth-order valence-electron chi connectivity index (χ4n) is 5.01. The largest absolute Gasteiger partial charge is 0.508 e. The average Bonchev–Trinajstić information content (AvgIpc) is 3.44. The van der Waals surface area contributed by atoms with Gasteiger partial charge in [0.25, 0.3) is 0 Å². The molecule has 4 atom stereocenters. The van der Waals surface area contributed by atoms with E-state index in [4.69, 9.17) is 11.5 Å². The maximum absolute atomic E-state index is 13.8. The van der Waals surface area contributed by atoms with Crippen LogP contribution in [0.3, 0.4) is 0 Å². The van der Waals surface area contributed by atoms with Gasteiger partial charge >= 0.3 is 5.97 Å². The van der Waals surface area contributed by atoms with E-state index in [1.54, 1.807) is 18.3 Å². The minimum atomic E-state index is -1.38. The number of carboxylic acids is 1. The molecule has 0 saturated carbocycles. The highest BCUT2D eigenvalue weighted by molar-refractivity contribution is 5.95. The second-order valence-corrected chi connectivity index (χ2v) is 11.1. The molecule has 0 aliphatic rings. The quantitative estimate of drug-likeness (QED) is 0.0864. The van der Waals surface area contributed by atoms with Crippen molar-refractivity contribution in [2.24, 2.45) is 11.5 Å². The Bertz CT molecular complexity index is 1740. The van der Waals surface area contributed by atoms with Crippen LogP contribution in [0.5, 0.6) is 11.5 Å². The summed E-state index contributed by atoms with van der Waals surface area (Å²) >= 11 is 0. The summed E-state index contributed by atoms with van der Waals surface area (Å²) in [5.41, 5.74) is 13.5. The fraction of sp³-hybridized carbons (Fsp3) is 0.242. The third-order valence-electron chi connectivity index (χ3n) is 7.49. The molecule has 4 rings (SSSR count). The van der Waals surface area contributed by atoms with Gasteiger partial charge < -0.3 is 47.7 Å². The van der Waals surface area contributed by atoms with Gasteiger partial charge in [0.05, 0.1) is 12.5 Å². The topological polar surface area (TPSA) is 250 Å². The van der Waals surface area contributed by atoms with Crippen LogP contribution in [0, 0.1) is 0 Å². The van der Waals surface area contributed by atoms with E-state index in [1.807, 2.05) is 24.3 Å². The number of aliphatic carboxylic acids is 1. The maximum atomic E-state index is 13.8. The summed E-state index contributed by atoms with van der Waals surface area (Å²) in [6, 6.07) is 13.7. The van der Waals surface area contributed by atoms with Gasteiger partial charge in [-0.1, -0.05) is 42.5 Å². The molecule has 14 nitrogen and oxygen atoms in total. The lowest BCUT2D eigenvalue weighted by atomic mass is 10.0. The van der Waals surface area contributed by atoms with Crippen LogP contribution in [-0.4, -0.2) is 74.1 Å². The lowest BCUT2D eigenvalue weighted by Gasteiger charge is -2.25. The molecule has 1 aromatic heterocycles. The Morgan fingerprint density at radius 2 is 1.17 bits per heavy atom. The summed E-state index contributed by atoms with van der Waals surface area (Å²) < 4.78 is 0. The molecule has 0 saturated heterocycles. The second kappa shape index (κ2) is 15.4. The number of fused-ring (bicyclic) bond motifs is 1. The number of rotatable bonds is 15. The van der Waals surface area contributed by atoms with E-state index >= 15 is 0 Å². The number of aromatic nitrogens is 1. The summed E-state index contributed by atoms with van der Waals surface area (Å²) in [6.45, 7) is 0. The first-order valence-corrected chi connectivity index (χ1v) is 14.7. The first-order chi connectivity index (χ1) is 22.4. The number of phenolic OH excluding ortho intramolecular Hbond substituents is 2. The van der Waals surface area contributed by atoms with Crippen molar-refractivity contribution in [3.63, 3.8) is 0 Å². The molecule has 0 radical (unpaired) electrons. The van der Waals surface area contributed by atoms with Crippen molar-refractivity contribution in [3.05, 3.63) is 95.7 Å². The number of hydrogen-bond donors (Lipinski definition) is 9. The predicted octanol–water partition coefficient (Wildman–Crippen LogP) is 0.349. The van der Waals surface area contributed by atoms with Crippen molar-refractivity contribution in [3.8, 4) is 11.5 Å². The summed E-state index contributed by atoms with van der Waals surface area (Å²) in [7, 11) is 0. The molecule has 4 unspecified atom stereocenters. The van der Waals surface area contributed by atoms with Gasteiger partial charge in [-0.15, -0.1) is 0 Å². The smallest absolute Gasteiger partial charge is 0.326 e. The number of benzene rings is 3. The number of phenols is 2. The van der Waals surface area contributed by atoms with E-state index in [0.29, 0.717) is 16.7 Å². The monoisotopic (exact) mass is 644 g/mol. The molecular formula is C33H36N6O8. The van der Waals surface area contributed by atoms with Crippen molar-refractivity contribution in [2.75, 3.05) is 0 Å². The zero-order valence-corrected chi connectivity index (χ0v) is 25.2. The van der Waals surface area contributed by atoms with Gasteiger partial charge in [-0.05, 0) is 47.0 Å². The molecule has 3 aromatic carbocycles. The number of aromatic hydroxyl groups is 2. The number of primary amides is 1. The van der Waals surface area contributed by atoms with E-state index in [2.05, 4.69) is 20.9 Å². The van der Waals surface area contributed by atoms with Crippen molar-refractivity contribution in [1.82, 2.24) is 20.9 Å². The van der Waals surface area contributed by atoms with Crippen molar-refractivity contribution in [1.29, 1.82) is 0 Å². The molecule has 0 aliphatic carbocycles. The Balaban J connectivity index is 1.62. The SMILES string of the molecule is NC(=O)CC(N)C(=O)NC(Cc1ccc(O)cc1)C(=O)NC(Cc1c[nH]c2ccccc12)C(=O)NC(Cc1ccc(O)cc1)C(=O)O. The van der Waals surface area contributed by atoms with Crippen LogP contribution in [0.25, 0.3) is 10.9 Å². The standard InChI is InChI=1S/C33H36N6O8/c34-24(16-29(35)42)30(43)37-26(13-18-5-9-21(40)10-6-18)31(44)38-27(15-20-17-36-25-4-2-1-3-23(20)25)32(45)39-28(33(46)47)14-19-7-11-22(41)12-8-19/h1-12,17,24,26-28,36,40-41H,13-16,34H2,(H2,35,42)(H,37,43)(H,38,44)(H,39,45)(H,46,47). The highest BCUT2D eigenvalue weighted by Crippen LogP contribution is 2.20. The number of aromatic amines is 1. The van der Waals surface area contributed by atoms with E-state index in [0.717, 1.165) is 10.9 Å². The molecule has 0 bridgehead atoms. The number of nitrogens with one attached hydrogen (secondary N) is 4. The zero-order valence-electron chi connectivity index (χ0n) is 25.2. The van der Waals surface area contributed by atoms with Gasteiger partial charge in [-0.3, -0.25) is 19.2 Å². The highest BCUT2D eigenvalue weighted by atomic mass is 16.4. The average molecular weight is 645 g/mol. The Kier molecular flexibility index (Phi) is 11.1. The predicted molar refractivity (Wildman–Crippen MR) is 171 cm³/mol. The van der Waals surface area contributed by atoms with Gasteiger partial charge in [0.2, 0.25) is 23.6 Å². The van der Waals surface area contributed by atoms with E-state index in [9.17, 15) is 39.3 Å². The Hall–Kier alpha value is -5.89. The molecule has 4 aromatic rings. The molecule has 4 amide bonds. The summed E-state index contributed by atoms with van der Waals surface area (Å²) in [6.07, 6.45) is 0.977. The molecule has 11 N–H and O–H groups in total. The van der Waals surface area contributed by atoms with Gasteiger partial charge in [0.15, 0.2) is 0 Å². The lowest BCUT2D eigenvalue weighted by Crippen LogP contribution is -2.58. The minimum absolute atomic E-state index is 0.00398.